The lowest BCUT2D eigenvalue weighted by atomic mass is 9.83. The van der Waals surface area contributed by atoms with Crippen LogP contribution in [0, 0.1) is 5.92 Å². The van der Waals surface area contributed by atoms with E-state index in [2.05, 4.69) is 30.9 Å². The molecule has 2 rings (SSSR count). The van der Waals surface area contributed by atoms with Gasteiger partial charge in [-0.1, -0.05) is 33.1 Å². The van der Waals surface area contributed by atoms with Crippen LogP contribution < -0.4 is 5.32 Å². The molecule has 2 aliphatic rings. The molecule has 0 bridgehead atoms. The van der Waals surface area contributed by atoms with Gasteiger partial charge in [-0.15, -0.1) is 11.8 Å². The van der Waals surface area contributed by atoms with Crippen LogP contribution in [0.5, 0.6) is 0 Å². The molecule has 0 radical (unpaired) electrons. The summed E-state index contributed by atoms with van der Waals surface area (Å²) in [5.74, 6) is 0.981. The molecule has 1 aliphatic carbocycles. The van der Waals surface area contributed by atoms with Gasteiger partial charge in [0.25, 0.3) is 0 Å². The Morgan fingerprint density at radius 2 is 2.29 bits per heavy atom. The fraction of sp³-hybridized carbons (Fsp3) is 1.00. The first kappa shape index (κ1) is 10.8. The molecule has 2 fully saturated rings. The van der Waals surface area contributed by atoms with E-state index in [9.17, 15) is 0 Å². The molecule has 1 aliphatic heterocycles. The summed E-state index contributed by atoms with van der Waals surface area (Å²) in [6, 6.07) is 0. The molecule has 14 heavy (non-hydrogen) atoms. The van der Waals surface area contributed by atoms with Gasteiger partial charge in [0.15, 0.2) is 0 Å². The first-order valence-electron chi connectivity index (χ1n) is 6.17. The zero-order valence-electron chi connectivity index (χ0n) is 9.51. The lowest BCUT2D eigenvalue weighted by molar-refractivity contribution is 0.247. The Balaban J connectivity index is 1.99. The number of hydrogen-bond acceptors (Lipinski definition) is 2. The Morgan fingerprint density at radius 3 is 3.00 bits per heavy atom. The van der Waals surface area contributed by atoms with Crippen LogP contribution >= 0.6 is 11.8 Å². The molecule has 1 spiro atoms. The summed E-state index contributed by atoms with van der Waals surface area (Å²) in [5, 5.41) is 4.66. The second-order valence-electron chi connectivity index (χ2n) is 5.01. The third kappa shape index (κ3) is 2.27. The smallest absolute Gasteiger partial charge is 0.0650 e. The van der Waals surface area contributed by atoms with Crippen molar-refractivity contribution < 1.29 is 0 Å². The van der Waals surface area contributed by atoms with Crippen LogP contribution in [0.25, 0.3) is 0 Å². The van der Waals surface area contributed by atoms with Gasteiger partial charge in [-0.2, -0.15) is 0 Å². The molecular formula is C12H23NS. The molecule has 2 heteroatoms. The summed E-state index contributed by atoms with van der Waals surface area (Å²) < 4.78 is 0. The van der Waals surface area contributed by atoms with Gasteiger partial charge in [-0.3, -0.25) is 0 Å². The first-order valence-corrected chi connectivity index (χ1v) is 7.05. The number of rotatable bonds is 1. The van der Waals surface area contributed by atoms with Crippen molar-refractivity contribution in [2.24, 2.45) is 5.92 Å². The van der Waals surface area contributed by atoms with Crippen LogP contribution in [0.3, 0.4) is 0 Å². The van der Waals surface area contributed by atoms with Gasteiger partial charge in [-0.05, 0) is 31.7 Å². The lowest BCUT2D eigenvalue weighted by Gasteiger charge is -2.45. The molecule has 1 saturated carbocycles. The second-order valence-corrected chi connectivity index (χ2v) is 6.83. The maximum Gasteiger partial charge on any atom is 0.0650 e. The number of hydrogen-bond donors (Lipinski definition) is 1. The van der Waals surface area contributed by atoms with Crippen molar-refractivity contribution in [3.63, 3.8) is 0 Å². The van der Waals surface area contributed by atoms with Crippen LogP contribution in [0.2, 0.25) is 0 Å². The summed E-state index contributed by atoms with van der Waals surface area (Å²) in [4.78, 5) is 0.469. The van der Waals surface area contributed by atoms with Gasteiger partial charge in [0, 0.05) is 5.25 Å². The summed E-state index contributed by atoms with van der Waals surface area (Å²) >= 11 is 2.22. The molecule has 3 unspecified atom stereocenters. The SMILES string of the molecule is CCC1CCCC2(C1)NCCC(C)S2. The predicted octanol–water partition coefficient (Wildman–Crippen LogP) is 3.40. The molecule has 0 aromatic heterocycles. The fourth-order valence-corrected chi connectivity index (χ4v) is 4.74. The highest BCUT2D eigenvalue weighted by molar-refractivity contribution is 8.01. The quantitative estimate of drug-likeness (QED) is 0.716. The fourth-order valence-electron chi connectivity index (χ4n) is 2.95. The van der Waals surface area contributed by atoms with E-state index in [1.807, 2.05) is 0 Å². The molecule has 1 nitrogen and oxygen atoms in total. The molecule has 1 N–H and O–H groups in total. The number of thioether (sulfide) groups is 1. The summed E-state index contributed by atoms with van der Waals surface area (Å²) in [7, 11) is 0. The zero-order valence-corrected chi connectivity index (χ0v) is 10.3. The Hall–Kier alpha value is 0.310. The van der Waals surface area contributed by atoms with Crippen molar-refractivity contribution in [2.75, 3.05) is 6.54 Å². The Morgan fingerprint density at radius 1 is 1.43 bits per heavy atom. The van der Waals surface area contributed by atoms with Crippen LogP contribution in [-0.4, -0.2) is 16.7 Å². The lowest BCUT2D eigenvalue weighted by Crippen LogP contribution is -2.50. The molecule has 0 aromatic carbocycles. The van der Waals surface area contributed by atoms with Gasteiger partial charge in [0.1, 0.15) is 0 Å². The molecule has 0 aromatic rings. The van der Waals surface area contributed by atoms with E-state index in [0.717, 1.165) is 11.2 Å². The van der Waals surface area contributed by atoms with Crippen LogP contribution in [0.1, 0.15) is 52.4 Å². The summed E-state index contributed by atoms with van der Waals surface area (Å²) in [5.41, 5.74) is 0. The van der Waals surface area contributed by atoms with Gasteiger partial charge < -0.3 is 5.32 Å². The highest BCUT2D eigenvalue weighted by atomic mass is 32.2. The van der Waals surface area contributed by atoms with E-state index >= 15 is 0 Å². The second kappa shape index (κ2) is 4.44. The molecule has 82 valence electrons. The molecule has 1 saturated heterocycles. The van der Waals surface area contributed by atoms with Crippen LogP contribution in [-0.2, 0) is 0 Å². The van der Waals surface area contributed by atoms with E-state index in [1.54, 1.807) is 0 Å². The van der Waals surface area contributed by atoms with E-state index in [4.69, 9.17) is 0 Å². The minimum absolute atomic E-state index is 0.469. The maximum absolute atomic E-state index is 3.79. The molecule has 1 heterocycles. The van der Waals surface area contributed by atoms with Gasteiger partial charge in [0.05, 0.1) is 4.87 Å². The highest BCUT2D eigenvalue weighted by Gasteiger charge is 2.39. The normalized spacial score (nSPS) is 44.1. The van der Waals surface area contributed by atoms with Crippen molar-refractivity contribution in [1.29, 1.82) is 0 Å². The van der Waals surface area contributed by atoms with Crippen molar-refractivity contribution in [3.8, 4) is 0 Å². The third-order valence-corrected chi connectivity index (χ3v) is 5.42. The maximum atomic E-state index is 3.79. The third-order valence-electron chi connectivity index (χ3n) is 3.81. The predicted molar refractivity (Wildman–Crippen MR) is 64.7 cm³/mol. The molecule has 3 atom stereocenters. The number of nitrogens with one attached hydrogen (secondary N) is 1. The summed E-state index contributed by atoms with van der Waals surface area (Å²) in [6.07, 6.45) is 8.44. The molecular weight excluding hydrogens is 190 g/mol. The van der Waals surface area contributed by atoms with Gasteiger partial charge in [-0.25, -0.2) is 0 Å². The van der Waals surface area contributed by atoms with Crippen LogP contribution in [0.4, 0.5) is 0 Å². The average molecular weight is 213 g/mol. The highest BCUT2D eigenvalue weighted by Crippen LogP contribution is 2.45. The van der Waals surface area contributed by atoms with Crippen LogP contribution in [0.15, 0.2) is 0 Å². The van der Waals surface area contributed by atoms with Crippen molar-refractivity contribution in [3.05, 3.63) is 0 Å². The Bertz CT molecular complexity index is 191. The monoisotopic (exact) mass is 213 g/mol. The first-order chi connectivity index (χ1) is 6.74. The minimum atomic E-state index is 0.469. The topological polar surface area (TPSA) is 12.0 Å². The Kier molecular flexibility index (Phi) is 3.43. The minimum Gasteiger partial charge on any atom is -0.303 e. The van der Waals surface area contributed by atoms with E-state index < -0.39 is 0 Å². The van der Waals surface area contributed by atoms with E-state index in [0.29, 0.717) is 4.87 Å². The van der Waals surface area contributed by atoms with Gasteiger partial charge in [0.2, 0.25) is 0 Å². The zero-order chi connectivity index (χ0) is 10.0. The standard InChI is InChI=1S/C12H23NS/c1-3-11-5-4-7-12(9-11)13-8-6-10(2)14-12/h10-11,13H,3-9H2,1-2H3. The molecule has 0 amide bonds. The summed E-state index contributed by atoms with van der Waals surface area (Å²) in [6.45, 7) is 5.98. The van der Waals surface area contributed by atoms with E-state index in [1.165, 1.54) is 45.1 Å². The van der Waals surface area contributed by atoms with Crippen molar-refractivity contribution in [1.82, 2.24) is 5.32 Å². The van der Waals surface area contributed by atoms with E-state index in [-0.39, 0.29) is 0 Å². The van der Waals surface area contributed by atoms with Crippen molar-refractivity contribution >= 4 is 11.8 Å². The Labute approximate surface area is 92.4 Å². The van der Waals surface area contributed by atoms with Gasteiger partial charge >= 0.3 is 0 Å². The average Bonchev–Trinajstić information content (AvgIpc) is 2.17. The van der Waals surface area contributed by atoms with Crippen molar-refractivity contribution in [2.45, 2.75) is 62.5 Å². The largest absolute Gasteiger partial charge is 0.303 e.